The quantitative estimate of drug-likeness (QED) is 0.689. The van der Waals surface area contributed by atoms with Crippen molar-refractivity contribution in [2.75, 3.05) is 6.54 Å². The molecule has 1 amide bonds. The smallest absolute Gasteiger partial charge is 0.219 e. The molecular formula is C11H15N3O. The van der Waals surface area contributed by atoms with Crippen LogP contribution in [-0.4, -0.2) is 26.9 Å². The van der Waals surface area contributed by atoms with Crippen molar-refractivity contribution in [3.05, 3.63) is 17.7 Å². The van der Waals surface area contributed by atoms with Crippen molar-refractivity contribution in [3.63, 3.8) is 0 Å². The first-order valence-corrected chi connectivity index (χ1v) is 5.55. The SMILES string of the molecule is CC(=O)N1CCn2c(C3CC3)cnc2C1. The lowest BCUT2D eigenvalue weighted by atomic mass is 10.3. The third kappa shape index (κ3) is 1.44. The third-order valence-electron chi connectivity index (χ3n) is 3.34. The second-order valence-corrected chi connectivity index (χ2v) is 4.47. The van der Waals surface area contributed by atoms with Gasteiger partial charge in [-0.05, 0) is 12.8 Å². The highest BCUT2D eigenvalue weighted by molar-refractivity contribution is 5.73. The van der Waals surface area contributed by atoms with Crippen molar-refractivity contribution >= 4 is 5.91 Å². The zero-order valence-electron chi connectivity index (χ0n) is 8.94. The maximum absolute atomic E-state index is 11.3. The first-order chi connectivity index (χ1) is 7.25. The van der Waals surface area contributed by atoms with Crippen LogP contribution < -0.4 is 0 Å². The summed E-state index contributed by atoms with van der Waals surface area (Å²) < 4.78 is 2.30. The fourth-order valence-corrected chi connectivity index (χ4v) is 2.26. The molecule has 1 aromatic rings. The Hall–Kier alpha value is -1.32. The molecule has 80 valence electrons. The topological polar surface area (TPSA) is 38.1 Å². The molecule has 0 unspecified atom stereocenters. The van der Waals surface area contributed by atoms with Gasteiger partial charge in [0.25, 0.3) is 0 Å². The largest absolute Gasteiger partial charge is 0.334 e. The average Bonchev–Trinajstić information content (AvgIpc) is 2.98. The summed E-state index contributed by atoms with van der Waals surface area (Å²) >= 11 is 0. The minimum absolute atomic E-state index is 0.150. The molecule has 1 saturated carbocycles. The molecule has 0 bridgehead atoms. The standard InChI is InChI=1S/C11H15N3O/c1-8(15)13-4-5-14-10(9-2-3-9)6-12-11(14)7-13/h6,9H,2-5,7H2,1H3. The van der Waals surface area contributed by atoms with Gasteiger partial charge in [0.15, 0.2) is 0 Å². The van der Waals surface area contributed by atoms with Gasteiger partial charge in [0.2, 0.25) is 5.91 Å². The number of rotatable bonds is 1. The molecule has 1 aliphatic carbocycles. The highest BCUT2D eigenvalue weighted by atomic mass is 16.2. The van der Waals surface area contributed by atoms with Gasteiger partial charge in [0.05, 0.1) is 6.54 Å². The highest BCUT2D eigenvalue weighted by Crippen LogP contribution is 2.40. The number of fused-ring (bicyclic) bond motifs is 1. The van der Waals surface area contributed by atoms with E-state index >= 15 is 0 Å². The second-order valence-electron chi connectivity index (χ2n) is 4.47. The van der Waals surface area contributed by atoms with Gasteiger partial charge < -0.3 is 9.47 Å². The van der Waals surface area contributed by atoms with E-state index in [9.17, 15) is 4.79 Å². The molecule has 0 saturated heterocycles. The lowest BCUT2D eigenvalue weighted by Gasteiger charge is -2.27. The van der Waals surface area contributed by atoms with E-state index in [0.717, 1.165) is 24.8 Å². The number of nitrogens with zero attached hydrogens (tertiary/aromatic N) is 3. The van der Waals surface area contributed by atoms with Gasteiger partial charge in [-0.25, -0.2) is 4.98 Å². The maximum atomic E-state index is 11.3. The molecule has 4 heteroatoms. The van der Waals surface area contributed by atoms with Crippen LogP contribution in [0.4, 0.5) is 0 Å². The maximum Gasteiger partial charge on any atom is 0.219 e. The summed E-state index contributed by atoms with van der Waals surface area (Å²) in [5.41, 5.74) is 1.38. The Balaban J connectivity index is 1.88. The average molecular weight is 205 g/mol. The normalized spacial score (nSPS) is 20.2. The van der Waals surface area contributed by atoms with Gasteiger partial charge >= 0.3 is 0 Å². The highest BCUT2D eigenvalue weighted by Gasteiger charge is 2.30. The summed E-state index contributed by atoms with van der Waals surface area (Å²) in [6.45, 7) is 4.06. The molecule has 2 aliphatic rings. The number of imidazole rings is 1. The Kier molecular flexibility index (Phi) is 1.84. The van der Waals surface area contributed by atoms with Crippen LogP contribution in [0.2, 0.25) is 0 Å². The minimum Gasteiger partial charge on any atom is -0.334 e. The fraction of sp³-hybridized carbons (Fsp3) is 0.636. The van der Waals surface area contributed by atoms with Gasteiger partial charge in [-0.1, -0.05) is 0 Å². The van der Waals surface area contributed by atoms with E-state index in [1.165, 1.54) is 18.5 Å². The number of carbonyl (C=O) groups excluding carboxylic acids is 1. The van der Waals surface area contributed by atoms with E-state index in [2.05, 4.69) is 9.55 Å². The van der Waals surface area contributed by atoms with Crippen LogP contribution in [0.5, 0.6) is 0 Å². The van der Waals surface area contributed by atoms with Crippen molar-refractivity contribution < 1.29 is 4.79 Å². The molecule has 0 radical (unpaired) electrons. The van der Waals surface area contributed by atoms with Crippen molar-refractivity contribution in [2.45, 2.75) is 38.8 Å². The lowest BCUT2D eigenvalue weighted by molar-refractivity contribution is -0.130. The summed E-state index contributed by atoms with van der Waals surface area (Å²) in [6, 6.07) is 0. The summed E-state index contributed by atoms with van der Waals surface area (Å²) in [6.07, 6.45) is 4.61. The van der Waals surface area contributed by atoms with Gasteiger partial charge in [-0.2, -0.15) is 0 Å². The molecule has 0 spiro atoms. The number of hydrogen-bond donors (Lipinski definition) is 0. The monoisotopic (exact) mass is 205 g/mol. The molecule has 0 aromatic carbocycles. The molecule has 0 atom stereocenters. The Bertz CT molecular complexity index is 406. The molecule has 15 heavy (non-hydrogen) atoms. The lowest BCUT2D eigenvalue weighted by Crippen LogP contribution is -2.37. The Morgan fingerprint density at radius 3 is 2.93 bits per heavy atom. The Labute approximate surface area is 88.9 Å². The van der Waals surface area contributed by atoms with Crippen LogP contribution in [0.25, 0.3) is 0 Å². The van der Waals surface area contributed by atoms with Gasteiger partial charge in [0, 0.05) is 37.8 Å². The molecule has 4 nitrogen and oxygen atoms in total. The number of aromatic nitrogens is 2. The number of carbonyl (C=O) groups is 1. The van der Waals surface area contributed by atoms with Crippen molar-refractivity contribution in [1.82, 2.24) is 14.5 Å². The van der Waals surface area contributed by atoms with Crippen LogP contribution in [0, 0.1) is 0 Å². The van der Waals surface area contributed by atoms with Crippen LogP contribution in [-0.2, 0) is 17.9 Å². The molecule has 2 heterocycles. The van der Waals surface area contributed by atoms with Gasteiger partial charge in [-0.15, -0.1) is 0 Å². The molecule has 3 rings (SSSR count). The van der Waals surface area contributed by atoms with E-state index < -0.39 is 0 Å². The predicted octanol–water partition coefficient (Wildman–Crippen LogP) is 1.12. The van der Waals surface area contributed by atoms with Crippen molar-refractivity contribution in [2.24, 2.45) is 0 Å². The van der Waals surface area contributed by atoms with Gasteiger partial charge in [-0.3, -0.25) is 4.79 Å². The van der Waals surface area contributed by atoms with Gasteiger partial charge in [0.1, 0.15) is 5.82 Å². The van der Waals surface area contributed by atoms with E-state index in [1.54, 1.807) is 6.92 Å². The Morgan fingerprint density at radius 2 is 2.27 bits per heavy atom. The fourth-order valence-electron chi connectivity index (χ4n) is 2.26. The number of amides is 1. The molecule has 1 fully saturated rings. The molecular weight excluding hydrogens is 190 g/mol. The predicted molar refractivity (Wildman–Crippen MR) is 55.3 cm³/mol. The minimum atomic E-state index is 0.150. The third-order valence-corrected chi connectivity index (χ3v) is 3.34. The first-order valence-electron chi connectivity index (χ1n) is 5.55. The van der Waals surface area contributed by atoms with E-state index in [0.29, 0.717) is 6.54 Å². The van der Waals surface area contributed by atoms with E-state index in [1.807, 2.05) is 11.1 Å². The Morgan fingerprint density at radius 1 is 1.47 bits per heavy atom. The first kappa shape index (κ1) is 8.95. The van der Waals surface area contributed by atoms with Crippen LogP contribution in [0.1, 0.15) is 37.2 Å². The molecule has 1 aliphatic heterocycles. The van der Waals surface area contributed by atoms with Crippen molar-refractivity contribution in [3.8, 4) is 0 Å². The summed E-state index contributed by atoms with van der Waals surface area (Å²) in [4.78, 5) is 17.5. The molecule has 0 N–H and O–H groups in total. The van der Waals surface area contributed by atoms with Crippen LogP contribution in [0.15, 0.2) is 6.20 Å². The van der Waals surface area contributed by atoms with Crippen molar-refractivity contribution in [1.29, 1.82) is 0 Å². The van der Waals surface area contributed by atoms with Crippen LogP contribution >= 0.6 is 0 Å². The summed E-state index contributed by atoms with van der Waals surface area (Å²) in [7, 11) is 0. The zero-order valence-corrected chi connectivity index (χ0v) is 8.94. The van der Waals surface area contributed by atoms with Crippen LogP contribution in [0.3, 0.4) is 0 Å². The zero-order chi connectivity index (χ0) is 10.4. The van der Waals surface area contributed by atoms with E-state index in [-0.39, 0.29) is 5.91 Å². The summed E-state index contributed by atoms with van der Waals surface area (Å²) in [5.74, 6) is 1.95. The summed E-state index contributed by atoms with van der Waals surface area (Å²) in [5, 5.41) is 0. The second kappa shape index (κ2) is 3.08. The van der Waals surface area contributed by atoms with E-state index in [4.69, 9.17) is 0 Å². The molecule has 1 aromatic heterocycles. The number of hydrogen-bond acceptors (Lipinski definition) is 2.